The van der Waals surface area contributed by atoms with Crippen LogP contribution in [-0.4, -0.2) is 6.61 Å². The highest BCUT2D eigenvalue weighted by Gasteiger charge is 1.96. The van der Waals surface area contributed by atoms with Crippen molar-refractivity contribution in [3.05, 3.63) is 73.3 Å². The van der Waals surface area contributed by atoms with E-state index in [1.807, 2.05) is 49.4 Å². The first kappa shape index (κ1) is 14.8. The van der Waals surface area contributed by atoms with E-state index in [0.29, 0.717) is 13.2 Å². The third kappa shape index (κ3) is 5.30. The Hall–Kier alpha value is -2.22. The zero-order chi connectivity index (χ0) is 13.9. The summed E-state index contributed by atoms with van der Waals surface area (Å²) in [6.07, 6.45) is 0. The van der Waals surface area contributed by atoms with Gasteiger partial charge < -0.3 is 9.47 Å². The molecule has 0 aliphatic carbocycles. The van der Waals surface area contributed by atoms with Gasteiger partial charge >= 0.3 is 0 Å². The van der Waals surface area contributed by atoms with Crippen molar-refractivity contribution >= 4 is 0 Å². The lowest BCUT2D eigenvalue weighted by Crippen LogP contribution is -1.95. The number of rotatable bonds is 5. The van der Waals surface area contributed by atoms with Crippen LogP contribution in [0.2, 0.25) is 0 Å². The standard InChI is InChI=1S/C15H16O2.C2H4/c1-2-16-14-8-10-15(11-9-14)17-12-13-6-4-3-5-7-13;1-2/h3-11H,2,12H2,1H3;1-2H2. The fourth-order valence-electron chi connectivity index (χ4n) is 1.54. The Kier molecular flexibility index (Phi) is 6.88. The smallest absolute Gasteiger partial charge is 0.120 e. The molecule has 100 valence electrons. The predicted molar refractivity (Wildman–Crippen MR) is 79.6 cm³/mol. The molecule has 0 heterocycles. The topological polar surface area (TPSA) is 18.5 Å². The van der Waals surface area contributed by atoms with Crippen molar-refractivity contribution in [1.29, 1.82) is 0 Å². The molecule has 2 aromatic carbocycles. The summed E-state index contributed by atoms with van der Waals surface area (Å²) >= 11 is 0. The zero-order valence-corrected chi connectivity index (χ0v) is 11.3. The molecule has 0 fully saturated rings. The molecule has 0 aromatic heterocycles. The normalized spacial score (nSPS) is 9.11. The van der Waals surface area contributed by atoms with Crippen LogP contribution in [0.1, 0.15) is 12.5 Å². The second-order valence-corrected chi connectivity index (χ2v) is 3.68. The van der Waals surface area contributed by atoms with Crippen LogP contribution in [0.3, 0.4) is 0 Å². The van der Waals surface area contributed by atoms with Crippen molar-refractivity contribution in [1.82, 2.24) is 0 Å². The molecule has 2 rings (SSSR count). The Morgan fingerprint density at radius 3 is 1.84 bits per heavy atom. The Morgan fingerprint density at radius 2 is 1.32 bits per heavy atom. The number of hydrogen-bond donors (Lipinski definition) is 0. The Labute approximate surface area is 115 Å². The van der Waals surface area contributed by atoms with Crippen LogP contribution >= 0.6 is 0 Å². The molecule has 2 nitrogen and oxygen atoms in total. The van der Waals surface area contributed by atoms with E-state index < -0.39 is 0 Å². The van der Waals surface area contributed by atoms with E-state index in [2.05, 4.69) is 25.3 Å². The van der Waals surface area contributed by atoms with Crippen LogP contribution < -0.4 is 9.47 Å². The van der Waals surface area contributed by atoms with Crippen LogP contribution in [0, 0.1) is 0 Å². The maximum Gasteiger partial charge on any atom is 0.120 e. The summed E-state index contributed by atoms with van der Waals surface area (Å²) in [4.78, 5) is 0. The van der Waals surface area contributed by atoms with Crippen LogP contribution in [0.4, 0.5) is 0 Å². The molecule has 0 unspecified atom stereocenters. The lowest BCUT2D eigenvalue weighted by atomic mass is 10.2. The highest BCUT2D eigenvalue weighted by atomic mass is 16.5. The van der Waals surface area contributed by atoms with Crippen molar-refractivity contribution in [2.75, 3.05) is 6.61 Å². The predicted octanol–water partition coefficient (Wildman–Crippen LogP) is 4.47. The Morgan fingerprint density at radius 1 is 0.789 bits per heavy atom. The Balaban J connectivity index is 0.000000861. The van der Waals surface area contributed by atoms with Crippen LogP contribution in [0.15, 0.2) is 67.8 Å². The number of ether oxygens (including phenoxy) is 2. The maximum absolute atomic E-state index is 5.67. The molecular weight excluding hydrogens is 236 g/mol. The van der Waals surface area contributed by atoms with E-state index in [1.165, 1.54) is 5.56 Å². The van der Waals surface area contributed by atoms with Crippen molar-refractivity contribution in [3.63, 3.8) is 0 Å². The fraction of sp³-hybridized carbons (Fsp3) is 0.176. The van der Waals surface area contributed by atoms with Crippen LogP contribution in [-0.2, 0) is 6.61 Å². The van der Waals surface area contributed by atoms with E-state index in [4.69, 9.17) is 9.47 Å². The molecule has 0 amide bonds. The van der Waals surface area contributed by atoms with Crippen molar-refractivity contribution < 1.29 is 9.47 Å². The number of hydrogen-bond acceptors (Lipinski definition) is 2. The average molecular weight is 256 g/mol. The van der Waals surface area contributed by atoms with Gasteiger partial charge in [0.1, 0.15) is 18.1 Å². The highest BCUT2D eigenvalue weighted by molar-refractivity contribution is 5.31. The maximum atomic E-state index is 5.67. The molecule has 0 spiro atoms. The van der Waals surface area contributed by atoms with E-state index in [1.54, 1.807) is 0 Å². The summed E-state index contributed by atoms with van der Waals surface area (Å²) in [6, 6.07) is 17.8. The second-order valence-electron chi connectivity index (χ2n) is 3.68. The minimum absolute atomic E-state index is 0.592. The van der Waals surface area contributed by atoms with E-state index in [9.17, 15) is 0 Å². The van der Waals surface area contributed by atoms with Crippen molar-refractivity contribution in [3.8, 4) is 11.5 Å². The third-order valence-corrected chi connectivity index (χ3v) is 2.38. The molecule has 2 heteroatoms. The van der Waals surface area contributed by atoms with Crippen LogP contribution in [0.25, 0.3) is 0 Å². The Bertz CT molecular complexity index is 448. The summed E-state index contributed by atoms with van der Waals surface area (Å²) in [5, 5.41) is 0. The van der Waals surface area contributed by atoms with Gasteiger partial charge in [-0.05, 0) is 36.8 Å². The van der Waals surface area contributed by atoms with Gasteiger partial charge in [-0.25, -0.2) is 0 Å². The van der Waals surface area contributed by atoms with Gasteiger partial charge in [-0.1, -0.05) is 30.3 Å². The molecular formula is C17H20O2. The quantitative estimate of drug-likeness (QED) is 0.735. The summed E-state index contributed by atoms with van der Waals surface area (Å²) in [5.41, 5.74) is 1.17. The van der Waals surface area contributed by atoms with E-state index >= 15 is 0 Å². The highest BCUT2D eigenvalue weighted by Crippen LogP contribution is 2.18. The largest absolute Gasteiger partial charge is 0.494 e. The van der Waals surface area contributed by atoms with Gasteiger partial charge in [-0.3, -0.25) is 0 Å². The number of benzene rings is 2. The molecule has 0 saturated carbocycles. The first-order valence-corrected chi connectivity index (χ1v) is 6.28. The molecule has 0 bridgehead atoms. The zero-order valence-electron chi connectivity index (χ0n) is 11.3. The van der Waals surface area contributed by atoms with Crippen LogP contribution in [0.5, 0.6) is 11.5 Å². The molecule has 0 saturated heterocycles. The molecule has 0 aliphatic rings. The summed E-state index contributed by atoms with van der Waals surface area (Å²) in [5.74, 6) is 1.73. The monoisotopic (exact) mass is 256 g/mol. The van der Waals surface area contributed by atoms with Crippen molar-refractivity contribution in [2.45, 2.75) is 13.5 Å². The van der Waals surface area contributed by atoms with Gasteiger partial charge in [0.2, 0.25) is 0 Å². The van der Waals surface area contributed by atoms with E-state index in [-0.39, 0.29) is 0 Å². The molecule has 0 atom stereocenters. The lowest BCUT2D eigenvalue weighted by Gasteiger charge is -2.07. The van der Waals surface area contributed by atoms with Gasteiger partial charge in [0.25, 0.3) is 0 Å². The first-order chi connectivity index (χ1) is 9.38. The minimum Gasteiger partial charge on any atom is -0.494 e. The van der Waals surface area contributed by atoms with Gasteiger partial charge in [-0.15, -0.1) is 13.2 Å². The van der Waals surface area contributed by atoms with Gasteiger partial charge in [0.05, 0.1) is 6.61 Å². The minimum atomic E-state index is 0.592. The van der Waals surface area contributed by atoms with Gasteiger partial charge in [0.15, 0.2) is 0 Å². The molecule has 0 N–H and O–H groups in total. The summed E-state index contributed by atoms with van der Waals surface area (Å²) < 4.78 is 11.0. The first-order valence-electron chi connectivity index (χ1n) is 6.28. The molecule has 19 heavy (non-hydrogen) atoms. The molecule has 2 aromatic rings. The van der Waals surface area contributed by atoms with Gasteiger partial charge in [-0.2, -0.15) is 0 Å². The average Bonchev–Trinajstić information content (AvgIpc) is 2.50. The SMILES string of the molecule is C=C.CCOc1ccc(OCc2ccccc2)cc1. The molecule has 0 aliphatic heterocycles. The summed E-state index contributed by atoms with van der Waals surface area (Å²) in [6.45, 7) is 9.25. The fourth-order valence-corrected chi connectivity index (χ4v) is 1.54. The third-order valence-electron chi connectivity index (χ3n) is 2.38. The summed E-state index contributed by atoms with van der Waals surface area (Å²) in [7, 11) is 0. The molecule has 0 radical (unpaired) electrons. The lowest BCUT2D eigenvalue weighted by molar-refractivity contribution is 0.304. The van der Waals surface area contributed by atoms with Gasteiger partial charge in [0, 0.05) is 0 Å². The van der Waals surface area contributed by atoms with E-state index in [0.717, 1.165) is 11.5 Å². The van der Waals surface area contributed by atoms with Crippen molar-refractivity contribution in [2.24, 2.45) is 0 Å². The second kappa shape index (κ2) is 8.81.